The van der Waals surface area contributed by atoms with Gasteiger partial charge >= 0.3 is 0 Å². The van der Waals surface area contributed by atoms with E-state index in [1.807, 2.05) is 73.1 Å². The first-order valence-electron chi connectivity index (χ1n) is 12.3. The molecule has 1 radical (unpaired) electrons. The van der Waals surface area contributed by atoms with Crippen molar-refractivity contribution in [3.05, 3.63) is 155 Å². The zero-order chi connectivity index (χ0) is 25.5. The summed E-state index contributed by atoms with van der Waals surface area (Å²) in [6, 6.07) is 33.9. The molecule has 37 heavy (non-hydrogen) atoms. The number of nitrogens with zero attached hydrogens (tertiary/aromatic N) is 2. The van der Waals surface area contributed by atoms with E-state index in [0.29, 0.717) is 0 Å². The predicted molar refractivity (Wildman–Crippen MR) is 152 cm³/mol. The van der Waals surface area contributed by atoms with Gasteiger partial charge in [-0.15, -0.1) is 0 Å². The molecule has 1 heterocycles. The van der Waals surface area contributed by atoms with Crippen molar-refractivity contribution in [2.24, 2.45) is 0 Å². The second-order valence-corrected chi connectivity index (χ2v) is 10.8. The summed E-state index contributed by atoms with van der Waals surface area (Å²) in [5, 5.41) is 0. The second-order valence-electron chi connectivity index (χ2n) is 8.94. The third-order valence-corrected chi connectivity index (χ3v) is 8.72. The third kappa shape index (κ3) is 6.40. The van der Waals surface area contributed by atoms with E-state index >= 15 is 0 Å². The highest BCUT2D eigenvalue weighted by Crippen LogP contribution is 2.25. The summed E-state index contributed by atoms with van der Waals surface area (Å²) in [6.45, 7) is 0. The van der Waals surface area contributed by atoms with E-state index in [-0.39, 0.29) is 17.2 Å². The maximum atomic E-state index is 13.6. The molecule has 0 spiro atoms. The lowest BCUT2D eigenvalue weighted by Gasteiger charge is -2.19. The van der Waals surface area contributed by atoms with Crippen molar-refractivity contribution in [1.29, 1.82) is 0 Å². The summed E-state index contributed by atoms with van der Waals surface area (Å²) in [5.41, 5.74) is 6.44. The van der Waals surface area contributed by atoms with Gasteiger partial charge in [0.25, 0.3) is 0 Å². The Bertz CT molecular complexity index is 1410. The largest absolute Gasteiger partial charge is 0.347 e. The van der Waals surface area contributed by atoms with Gasteiger partial charge in [0.05, 0.1) is 15.2 Å². The zero-order valence-electron chi connectivity index (χ0n) is 20.3. The van der Waals surface area contributed by atoms with Gasteiger partial charge in [-0.1, -0.05) is 96.5 Å². The molecule has 2 nitrogen and oxygen atoms in total. The third-order valence-electron chi connectivity index (χ3n) is 6.46. The van der Waals surface area contributed by atoms with Crippen LogP contribution >= 0.6 is 0 Å². The Morgan fingerprint density at radius 2 is 1.35 bits per heavy atom. The smallest absolute Gasteiger partial charge is 0.241 e. The normalized spacial score (nSPS) is 11.9. The van der Waals surface area contributed by atoms with Gasteiger partial charge in [-0.05, 0) is 52.1 Å². The molecule has 5 rings (SSSR count). The molecule has 0 aliphatic heterocycles. The zero-order valence-corrected chi connectivity index (χ0v) is 21.8. The molecule has 0 fully saturated rings. The van der Waals surface area contributed by atoms with Crippen molar-refractivity contribution >= 4 is 34.1 Å². The molecule has 181 valence electrons. The van der Waals surface area contributed by atoms with Gasteiger partial charge in [-0.2, -0.15) is 0 Å². The number of aromatic nitrogens is 2. The van der Waals surface area contributed by atoms with Crippen LogP contribution in [0.2, 0.25) is 0 Å². The lowest BCUT2D eigenvalue weighted by Crippen LogP contribution is -2.30. The number of benzene rings is 4. The molecule has 0 saturated heterocycles. The van der Waals surface area contributed by atoms with Crippen LogP contribution in [0.4, 0.5) is 8.78 Å². The summed E-state index contributed by atoms with van der Waals surface area (Å²) in [6.07, 6.45) is 6.84. The Labute approximate surface area is 219 Å². The number of rotatable bonds is 9. The van der Waals surface area contributed by atoms with Crippen molar-refractivity contribution in [2.75, 3.05) is 0 Å². The van der Waals surface area contributed by atoms with E-state index in [9.17, 15) is 8.78 Å². The Kier molecular flexibility index (Phi) is 7.87. The summed E-state index contributed by atoms with van der Waals surface area (Å²) >= 11 is 0. The highest BCUT2D eigenvalue weighted by Gasteiger charge is 2.17. The van der Waals surface area contributed by atoms with Gasteiger partial charge in [0.1, 0.15) is 11.6 Å². The Hall–Kier alpha value is -4.03. The number of hydrogen-bond donors (Lipinski definition) is 0. The van der Waals surface area contributed by atoms with Gasteiger partial charge in [0.15, 0.2) is 0 Å². The fourth-order valence-corrected chi connectivity index (χ4v) is 6.67. The molecule has 5 aromatic rings. The van der Waals surface area contributed by atoms with Crippen molar-refractivity contribution in [2.45, 2.75) is 11.7 Å². The Balaban J connectivity index is 1.40. The van der Waals surface area contributed by atoms with Crippen molar-refractivity contribution < 1.29 is 8.78 Å². The monoisotopic (exact) mass is 503 g/mol. The van der Waals surface area contributed by atoms with Gasteiger partial charge in [0.2, 0.25) is 7.28 Å². The molecule has 0 amide bonds. The fraction of sp³-hybridized carbons (Fsp3) is 0.0645. The summed E-state index contributed by atoms with van der Waals surface area (Å²) in [7, 11) is 1.33. The van der Waals surface area contributed by atoms with Crippen molar-refractivity contribution in [1.82, 2.24) is 9.55 Å². The second kappa shape index (κ2) is 11.8. The van der Waals surface area contributed by atoms with Crippen LogP contribution in [-0.2, 0) is 6.17 Å². The topological polar surface area (TPSA) is 17.8 Å². The molecule has 0 bridgehead atoms. The number of hydrogen-bond acceptors (Lipinski definition) is 1. The van der Waals surface area contributed by atoms with E-state index < -0.39 is 9.52 Å². The summed E-state index contributed by atoms with van der Waals surface area (Å²) in [5.74, 6) is -0.512. The molecule has 6 heteroatoms. The van der Waals surface area contributed by atoms with Crippen LogP contribution in [0.5, 0.6) is 0 Å². The minimum atomic E-state index is -0.801. The van der Waals surface area contributed by atoms with Gasteiger partial charge in [-0.3, -0.25) is 4.98 Å². The van der Waals surface area contributed by atoms with E-state index in [1.165, 1.54) is 24.3 Å². The minimum absolute atomic E-state index is 0.130. The summed E-state index contributed by atoms with van der Waals surface area (Å²) in [4.78, 5) is 4.66. The average molecular weight is 503 g/mol. The molecule has 0 unspecified atom stereocenters. The van der Waals surface area contributed by atoms with E-state index in [4.69, 9.17) is 0 Å². The van der Waals surface area contributed by atoms with Gasteiger partial charge in [-0.25, -0.2) is 8.78 Å². The van der Waals surface area contributed by atoms with E-state index in [1.54, 1.807) is 0 Å². The van der Waals surface area contributed by atoms with E-state index in [2.05, 4.69) is 47.2 Å². The molecule has 0 saturated carbocycles. The van der Waals surface area contributed by atoms with Crippen LogP contribution < -0.4 is 5.72 Å². The minimum Gasteiger partial charge on any atom is -0.347 e. The molecular weight excluding hydrogens is 477 g/mol. The Morgan fingerprint density at radius 1 is 0.784 bits per heavy atom. The van der Waals surface area contributed by atoms with Crippen molar-refractivity contribution in [3.63, 3.8) is 0 Å². The van der Waals surface area contributed by atoms with Gasteiger partial charge in [0, 0.05) is 18.6 Å². The van der Waals surface area contributed by atoms with Gasteiger partial charge < -0.3 is 4.57 Å². The SMILES string of the molecule is Fc1ccc(C([SiH2]Cn2ccnc2[B]C(=Cc2ccccc2)c2ccccc2)c2ccc(F)cc2)cc1. The Morgan fingerprint density at radius 3 is 1.95 bits per heavy atom. The highest BCUT2D eigenvalue weighted by atomic mass is 28.2. The lowest BCUT2D eigenvalue weighted by atomic mass is 9.65. The fourth-order valence-electron chi connectivity index (χ4n) is 4.54. The molecule has 4 aromatic carbocycles. The first-order valence-corrected chi connectivity index (χ1v) is 14.2. The van der Waals surface area contributed by atoms with Crippen LogP contribution in [0.3, 0.4) is 0 Å². The average Bonchev–Trinajstić information content (AvgIpc) is 3.38. The standard InChI is InChI=1S/C31H26BF2N2Si/c33-27-15-11-25(12-16-27)30(26-13-17-28(34)18-14-26)37-22-36-20-19-35-31(36)32-29(24-9-5-2-6-10-24)21-23-7-3-1-4-8-23/h1-21,30H,22,37H2. The van der Waals surface area contributed by atoms with Crippen LogP contribution in [0, 0.1) is 11.6 Å². The van der Waals surface area contributed by atoms with E-state index in [0.717, 1.165) is 39.6 Å². The number of halogens is 2. The molecular formula is C31H26BF2N2Si. The maximum Gasteiger partial charge on any atom is 0.241 e. The van der Waals surface area contributed by atoms with Crippen LogP contribution in [0.25, 0.3) is 11.5 Å². The molecule has 1 aromatic heterocycles. The molecule has 0 aliphatic carbocycles. The van der Waals surface area contributed by atoms with Crippen LogP contribution in [0.15, 0.2) is 122 Å². The maximum absolute atomic E-state index is 13.6. The van der Waals surface area contributed by atoms with Crippen LogP contribution in [0.1, 0.15) is 27.8 Å². The number of imidazole rings is 1. The first-order chi connectivity index (χ1) is 18.2. The summed E-state index contributed by atoms with van der Waals surface area (Å²) < 4.78 is 29.4. The molecule has 0 atom stereocenters. The highest BCUT2D eigenvalue weighted by molar-refractivity contribution is 6.73. The van der Waals surface area contributed by atoms with Crippen LogP contribution in [-0.4, -0.2) is 26.4 Å². The quantitative estimate of drug-likeness (QED) is 0.189. The predicted octanol–water partition coefficient (Wildman–Crippen LogP) is 5.61. The van der Waals surface area contributed by atoms with Crippen molar-refractivity contribution in [3.8, 4) is 0 Å². The molecule has 0 aliphatic rings. The first kappa shape index (κ1) is 24.7. The lowest BCUT2D eigenvalue weighted by molar-refractivity contribution is 0.626. The molecule has 0 N–H and O–H groups in total.